The number of carbonyl (C=O) groups excluding carboxylic acids is 1. The number of fused-ring (bicyclic) bond motifs is 1. The number of carbonyl (C=O) groups is 1. The average molecular weight is 426 g/mol. The van der Waals surface area contributed by atoms with Gasteiger partial charge < -0.3 is 24.1 Å². The lowest BCUT2D eigenvalue weighted by molar-refractivity contribution is -0.858. The zero-order valence-corrected chi connectivity index (χ0v) is 18.4. The van der Waals surface area contributed by atoms with Crippen molar-refractivity contribution in [2.75, 3.05) is 34.3 Å². The summed E-state index contributed by atoms with van der Waals surface area (Å²) in [6.45, 7) is 3.28. The first-order chi connectivity index (χ1) is 14.9. The Labute approximate surface area is 181 Å². The van der Waals surface area contributed by atoms with Gasteiger partial charge in [-0.3, -0.25) is 4.79 Å². The fourth-order valence-corrected chi connectivity index (χ4v) is 3.28. The monoisotopic (exact) mass is 425 g/mol. The first-order valence-corrected chi connectivity index (χ1v) is 10.3. The van der Waals surface area contributed by atoms with Crippen LogP contribution >= 0.6 is 0 Å². The van der Waals surface area contributed by atoms with Gasteiger partial charge in [0.15, 0.2) is 6.10 Å². The van der Waals surface area contributed by atoms with Crippen molar-refractivity contribution in [2.45, 2.75) is 19.4 Å². The van der Waals surface area contributed by atoms with E-state index in [-0.39, 0.29) is 5.91 Å². The first kappa shape index (κ1) is 22.4. The summed E-state index contributed by atoms with van der Waals surface area (Å²) >= 11 is 0. The predicted octanol–water partition coefficient (Wildman–Crippen LogP) is 1.89. The maximum Gasteiger partial charge on any atom is 0.336 e. The van der Waals surface area contributed by atoms with Gasteiger partial charge in [0, 0.05) is 30.5 Å². The minimum absolute atomic E-state index is 0.178. The van der Waals surface area contributed by atoms with Gasteiger partial charge in [0.05, 0.1) is 27.7 Å². The summed E-state index contributed by atoms with van der Waals surface area (Å²) in [6, 6.07) is 14.2. The molecular weight excluding hydrogens is 396 g/mol. The van der Waals surface area contributed by atoms with Crippen LogP contribution in [0, 0.1) is 0 Å². The van der Waals surface area contributed by atoms with E-state index in [2.05, 4.69) is 19.4 Å². The molecule has 1 heterocycles. The number of hydrogen-bond acceptors (Lipinski definition) is 5. The molecule has 7 nitrogen and oxygen atoms in total. The molecule has 1 amide bonds. The molecule has 0 aliphatic carbocycles. The molecule has 0 aliphatic rings. The highest BCUT2D eigenvalue weighted by Crippen LogP contribution is 2.31. The first-order valence-electron chi connectivity index (χ1n) is 10.3. The summed E-state index contributed by atoms with van der Waals surface area (Å²) in [5.74, 6) is 1.02. The van der Waals surface area contributed by atoms with E-state index < -0.39 is 11.7 Å². The SMILES string of the molecule is COc1ccc(-c2cc(=O)oc3cc(O[C@H](C)C(=O)NCCC[NH+](C)C)ccc23)cc1. The highest BCUT2D eigenvalue weighted by Gasteiger charge is 2.16. The molecule has 31 heavy (non-hydrogen) atoms. The number of amides is 1. The smallest absolute Gasteiger partial charge is 0.336 e. The Hall–Kier alpha value is -3.32. The molecule has 2 N–H and O–H groups in total. The van der Waals surface area contributed by atoms with E-state index in [9.17, 15) is 9.59 Å². The van der Waals surface area contributed by atoms with E-state index in [1.807, 2.05) is 30.3 Å². The highest BCUT2D eigenvalue weighted by atomic mass is 16.5. The second-order valence-electron chi connectivity index (χ2n) is 7.73. The lowest BCUT2D eigenvalue weighted by atomic mass is 10.0. The van der Waals surface area contributed by atoms with Gasteiger partial charge in [-0.2, -0.15) is 0 Å². The normalized spacial score (nSPS) is 12.0. The van der Waals surface area contributed by atoms with Crippen LogP contribution in [0.1, 0.15) is 13.3 Å². The van der Waals surface area contributed by atoms with Crippen molar-refractivity contribution in [3.63, 3.8) is 0 Å². The minimum atomic E-state index is -0.666. The Morgan fingerprint density at radius 1 is 1.10 bits per heavy atom. The van der Waals surface area contributed by atoms with E-state index in [0.717, 1.165) is 35.2 Å². The molecule has 1 atom stereocenters. The maximum absolute atomic E-state index is 12.3. The van der Waals surface area contributed by atoms with Gasteiger partial charge in [0.25, 0.3) is 5.91 Å². The Kier molecular flexibility index (Phi) is 7.31. The fourth-order valence-electron chi connectivity index (χ4n) is 3.28. The second kappa shape index (κ2) is 10.1. The number of benzene rings is 2. The van der Waals surface area contributed by atoms with Gasteiger partial charge in [0.1, 0.15) is 17.1 Å². The molecule has 2 aromatic carbocycles. The molecule has 0 saturated heterocycles. The summed E-state index contributed by atoms with van der Waals surface area (Å²) in [5.41, 5.74) is 1.58. The van der Waals surface area contributed by atoms with Crippen LogP contribution in [-0.2, 0) is 4.79 Å². The lowest BCUT2D eigenvalue weighted by Crippen LogP contribution is -3.05. The molecule has 164 valence electrons. The van der Waals surface area contributed by atoms with Crippen LogP contribution in [0.3, 0.4) is 0 Å². The number of methoxy groups -OCH3 is 1. The van der Waals surface area contributed by atoms with Crippen LogP contribution in [0.4, 0.5) is 0 Å². The average Bonchev–Trinajstić information content (AvgIpc) is 2.75. The van der Waals surface area contributed by atoms with Crippen molar-refractivity contribution >= 4 is 16.9 Å². The summed E-state index contributed by atoms with van der Waals surface area (Å²) in [5, 5.41) is 3.66. The summed E-state index contributed by atoms with van der Waals surface area (Å²) in [4.78, 5) is 25.8. The molecule has 0 unspecified atom stereocenters. The molecule has 1 aromatic heterocycles. The van der Waals surface area contributed by atoms with Crippen LogP contribution in [0.5, 0.6) is 11.5 Å². The van der Waals surface area contributed by atoms with Crippen molar-refractivity contribution in [3.05, 3.63) is 59.0 Å². The van der Waals surface area contributed by atoms with Crippen LogP contribution in [0.15, 0.2) is 57.7 Å². The van der Waals surface area contributed by atoms with E-state index in [1.54, 1.807) is 26.2 Å². The molecule has 0 radical (unpaired) electrons. The minimum Gasteiger partial charge on any atom is -0.497 e. The van der Waals surface area contributed by atoms with Crippen molar-refractivity contribution in [3.8, 4) is 22.6 Å². The fraction of sp³-hybridized carbons (Fsp3) is 0.333. The number of nitrogens with one attached hydrogen (secondary N) is 2. The second-order valence-corrected chi connectivity index (χ2v) is 7.73. The topological polar surface area (TPSA) is 82.2 Å². The third-order valence-corrected chi connectivity index (χ3v) is 4.95. The van der Waals surface area contributed by atoms with E-state index in [4.69, 9.17) is 13.9 Å². The summed E-state index contributed by atoms with van der Waals surface area (Å²) in [6.07, 6.45) is 0.233. The van der Waals surface area contributed by atoms with Gasteiger partial charge in [-0.1, -0.05) is 12.1 Å². The van der Waals surface area contributed by atoms with Gasteiger partial charge in [-0.05, 0) is 42.3 Å². The molecule has 3 aromatic rings. The third-order valence-electron chi connectivity index (χ3n) is 4.95. The van der Waals surface area contributed by atoms with Crippen molar-refractivity contribution < 1.29 is 23.6 Å². The predicted molar refractivity (Wildman–Crippen MR) is 120 cm³/mol. The summed E-state index contributed by atoms with van der Waals surface area (Å²) in [7, 11) is 5.76. The number of ether oxygens (including phenoxy) is 2. The van der Waals surface area contributed by atoms with Crippen LogP contribution in [-0.4, -0.2) is 46.3 Å². The van der Waals surface area contributed by atoms with E-state index in [1.165, 1.54) is 11.0 Å². The molecule has 0 spiro atoms. The zero-order valence-electron chi connectivity index (χ0n) is 18.4. The highest BCUT2D eigenvalue weighted by molar-refractivity contribution is 5.94. The molecule has 0 aliphatic heterocycles. The van der Waals surface area contributed by atoms with Crippen molar-refractivity contribution in [1.82, 2.24) is 5.32 Å². The van der Waals surface area contributed by atoms with Gasteiger partial charge in [0.2, 0.25) is 0 Å². The van der Waals surface area contributed by atoms with Gasteiger partial charge in [-0.25, -0.2) is 4.79 Å². The van der Waals surface area contributed by atoms with Crippen molar-refractivity contribution in [2.24, 2.45) is 0 Å². The van der Waals surface area contributed by atoms with Crippen LogP contribution in [0.25, 0.3) is 22.1 Å². The molecule has 0 bridgehead atoms. The Morgan fingerprint density at radius 2 is 1.81 bits per heavy atom. The Morgan fingerprint density at radius 3 is 2.48 bits per heavy atom. The maximum atomic E-state index is 12.3. The Balaban J connectivity index is 1.76. The largest absolute Gasteiger partial charge is 0.497 e. The molecule has 7 heteroatoms. The molecule has 0 fully saturated rings. The third kappa shape index (κ3) is 5.86. The standard InChI is InChI=1S/C24H28N2O5/c1-16(24(28)25-12-5-13-26(2)3)30-19-10-11-20-21(15-23(27)31-22(20)14-19)17-6-8-18(29-4)9-7-17/h6-11,14-16H,5,12-13H2,1-4H3,(H,25,28)/p+1/t16-/m1/s1. The summed E-state index contributed by atoms with van der Waals surface area (Å²) < 4.78 is 16.4. The quantitative estimate of drug-likeness (QED) is 0.404. The van der Waals surface area contributed by atoms with Crippen LogP contribution in [0.2, 0.25) is 0 Å². The van der Waals surface area contributed by atoms with Crippen LogP contribution < -0.4 is 25.3 Å². The van der Waals surface area contributed by atoms with Crippen molar-refractivity contribution in [1.29, 1.82) is 0 Å². The van der Waals surface area contributed by atoms with Gasteiger partial charge >= 0.3 is 5.63 Å². The zero-order chi connectivity index (χ0) is 22.4. The van der Waals surface area contributed by atoms with E-state index >= 15 is 0 Å². The lowest BCUT2D eigenvalue weighted by Gasteiger charge is -2.15. The molecule has 3 rings (SSSR count). The van der Waals surface area contributed by atoms with E-state index in [0.29, 0.717) is 17.9 Å². The number of quaternary nitrogens is 1. The molecule has 0 saturated carbocycles. The Bertz CT molecular complexity index is 1090. The number of hydrogen-bond donors (Lipinski definition) is 2. The number of rotatable bonds is 9. The molecular formula is C24H29N2O5+. The van der Waals surface area contributed by atoms with Gasteiger partial charge in [-0.15, -0.1) is 0 Å².